The van der Waals surface area contributed by atoms with Crippen LogP contribution in [0.3, 0.4) is 0 Å². The molecular weight excluding hydrogens is 373 g/mol. The molecule has 1 aromatic carbocycles. The van der Waals surface area contributed by atoms with Gasteiger partial charge < -0.3 is 33.4 Å². The molecule has 0 aliphatic carbocycles. The highest BCUT2D eigenvalue weighted by Crippen LogP contribution is 2.14. The van der Waals surface area contributed by atoms with Crippen molar-refractivity contribution in [3.8, 4) is 0 Å². The van der Waals surface area contributed by atoms with Crippen LogP contribution in [0.15, 0.2) is 54.7 Å². The van der Waals surface area contributed by atoms with E-state index in [4.69, 9.17) is 0 Å². The van der Waals surface area contributed by atoms with Crippen LogP contribution in [-0.2, 0) is 6.54 Å². The van der Waals surface area contributed by atoms with Crippen molar-refractivity contribution in [3.63, 3.8) is 0 Å². The van der Waals surface area contributed by atoms with E-state index in [2.05, 4.69) is 67.4 Å². The molecule has 2 rings (SSSR count). The van der Waals surface area contributed by atoms with Crippen molar-refractivity contribution in [3.05, 3.63) is 60.3 Å². The number of nitrogens with zero attached hydrogens (tertiary/aromatic N) is 3. The topological polar surface area (TPSA) is 16.1 Å². The Morgan fingerprint density at radius 2 is 1.62 bits per heavy atom. The van der Waals surface area contributed by atoms with Gasteiger partial charge in [-0.3, -0.25) is 0 Å². The lowest BCUT2D eigenvalue weighted by atomic mass is 10.2. The van der Waals surface area contributed by atoms with Crippen molar-refractivity contribution in [2.45, 2.75) is 6.54 Å². The van der Waals surface area contributed by atoms with Crippen molar-refractivity contribution in [2.75, 3.05) is 39.1 Å². The maximum absolute atomic E-state index is 4.49. The Bertz CT molecular complexity index is 509. The van der Waals surface area contributed by atoms with Gasteiger partial charge in [0.25, 0.3) is 0 Å². The predicted molar refractivity (Wildman–Crippen MR) is 84.6 cm³/mol. The summed E-state index contributed by atoms with van der Waals surface area (Å²) in [5.41, 5.74) is 1.32. The number of hydrogen-bond donors (Lipinski definition) is 0. The fourth-order valence-electron chi connectivity index (χ4n) is 2.04. The molecule has 0 atom stereocenters. The Morgan fingerprint density at radius 3 is 2.19 bits per heavy atom. The van der Waals surface area contributed by atoms with Gasteiger partial charge in [-0.05, 0) is 17.7 Å². The van der Waals surface area contributed by atoms with Crippen molar-refractivity contribution in [1.29, 1.82) is 0 Å². The largest absolute Gasteiger partial charge is 1.00 e. The number of aromatic nitrogens is 1. The van der Waals surface area contributed by atoms with E-state index in [-0.39, 0.29) is 24.0 Å². The lowest BCUT2D eigenvalue weighted by Crippen LogP contribution is -3.00. The summed E-state index contributed by atoms with van der Waals surface area (Å²) in [7, 11) is 6.66. The van der Waals surface area contributed by atoms with Crippen LogP contribution in [0.4, 0.5) is 5.82 Å². The van der Waals surface area contributed by atoms with E-state index >= 15 is 0 Å². The molecule has 0 aliphatic heterocycles. The van der Waals surface area contributed by atoms with Crippen molar-refractivity contribution < 1.29 is 28.5 Å². The quantitative estimate of drug-likeness (QED) is 0.496. The second kappa shape index (κ2) is 8.34. The van der Waals surface area contributed by atoms with Crippen LogP contribution in [-0.4, -0.2) is 43.7 Å². The summed E-state index contributed by atoms with van der Waals surface area (Å²) in [5.74, 6) is 1.05. The lowest BCUT2D eigenvalue weighted by molar-refractivity contribution is -0.868. The van der Waals surface area contributed by atoms with Gasteiger partial charge in [-0.15, -0.1) is 0 Å². The molecule has 0 radical (unpaired) electrons. The summed E-state index contributed by atoms with van der Waals surface area (Å²) in [6.45, 7) is 2.98. The van der Waals surface area contributed by atoms with Gasteiger partial charge in [0.2, 0.25) is 0 Å². The number of quaternary nitrogens is 1. The minimum absolute atomic E-state index is 0. The van der Waals surface area contributed by atoms with Gasteiger partial charge in [0.15, 0.2) is 0 Å². The Kier molecular flexibility index (Phi) is 7.11. The van der Waals surface area contributed by atoms with E-state index in [9.17, 15) is 0 Å². The molecule has 0 saturated heterocycles. The van der Waals surface area contributed by atoms with Crippen molar-refractivity contribution in [1.82, 2.24) is 4.98 Å². The Morgan fingerprint density at radius 1 is 0.952 bits per heavy atom. The molecule has 4 heteroatoms. The molecule has 1 heterocycles. The third-order valence-corrected chi connectivity index (χ3v) is 3.23. The number of anilines is 1. The highest BCUT2D eigenvalue weighted by atomic mass is 127. The molecule has 2 aromatic rings. The normalized spacial score (nSPS) is 10.8. The smallest absolute Gasteiger partial charge is 0.128 e. The van der Waals surface area contributed by atoms with Crippen LogP contribution in [0.1, 0.15) is 5.56 Å². The molecule has 21 heavy (non-hydrogen) atoms. The summed E-state index contributed by atoms with van der Waals surface area (Å²) in [6, 6.07) is 16.7. The first-order chi connectivity index (χ1) is 9.54. The van der Waals surface area contributed by atoms with Crippen LogP contribution in [0.2, 0.25) is 0 Å². The highest BCUT2D eigenvalue weighted by Gasteiger charge is 2.13. The van der Waals surface area contributed by atoms with Crippen molar-refractivity contribution in [2.24, 2.45) is 0 Å². The predicted octanol–water partition coefficient (Wildman–Crippen LogP) is -0.202. The number of hydrogen-bond acceptors (Lipinski definition) is 2. The fourth-order valence-corrected chi connectivity index (χ4v) is 2.04. The summed E-state index contributed by atoms with van der Waals surface area (Å²) < 4.78 is 0.956. The van der Waals surface area contributed by atoms with Gasteiger partial charge in [0.1, 0.15) is 5.82 Å². The molecule has 0 aliphatic rings. The van der Waals surface area contributed by atoms with Crippen LogP contribution in [0.5, 0.6) is 0 Å². The first-order valence-electron chi connectivity index (χ1n) is 7.05. The first-order valence-corrected chi connectivity index (χ1v) is 7.05. The van der Waals surface area contributed by atoms with E-state index in [0.717, 1.165) is 29.9 Å². The summed E-state index contributed by atoms with van der Waals surface area (Å²) in [4.78, 5) is 6.84. The standard InChI is InChI=1S/C17H24N3.HI/c1-20(2,3)14-13-19(17-11-7-8-12-18-17)15-16-9-5-4-6-10-16;/h4-12H,13-15H2,1-3H3;1H/q+1;/p-1. The monoisotopic (exact) mass is 397 g/mol. The van der Waals surface area contributed by atoms with Gasteiger partial charge in [0, 0.05) is 12.7 Å². The van der Waals surface area contributed by atoms with Crippen LogP contribution < -0.4 is 28.9 Å². The van der Waals surface area contributed by atoms with Gasteiger partial charge in [0.05, 0.1) is 34.2 Å². The van der Waals surface area contributed by atoms with E-state index < -0.39 is 0 Å². The molecule has 0 bridgehead atoms. The average molecular weight is 397 g/mol. The molecule has 0 spiro atoms. The SMILES string of the molecule is C[N+](C)(C)CCN(Cc1ccccc1)c1ccccn1.[I-]. The number of halogens is 1. The lowest BCUT2D eigenvalue weighted by Gasteiger charge is -2.29. The van der Waals surface area contributed by atoms with Crippen molar-refractivity contribution >= 4 is 5.82 Å². The first kappa shape index (κ1) is 17.9. The third-order valence-electron chi connectivity index (χ3n) is 3.23. The molecule has 0 saturated carbocycles. The van der Waals surface area contributed by atoms with Crippen LogP contribution >= 0.6 is 0 Å². The van der Waals surface area contributed by atoms with E-state index in [1.807, 2.05) is 18.3 Å². The van der Waals surface area contributed by atoms with E-state index in [1.165, 1.54) is 5.56 Å². The molecule has 3 nitrogen and oxygen atoms in total. The molecule has 0 unspecified atom stereocenters. The summed E-state index contributed by atoms with van der Waals surface area (Å²) >= 11 is 0. The zero-order valence-electron chi connectivity index (χ0n) is 13.0. The molecule has 114 valence electrons. The Balaban J connectivity index is 0.00000220. The molecular formula is C17H24IN3. The molecule has 1 aromatic heterocycles. The molecule has 0 amide bonds. The van der Waals surface area contributed by atoms with Gasteiger partial charge >= 0.3 is 0 Å². The van der Waals surface area contributed by atoms with Crippen LogP contribution in [0, 0.1) is 0 Å². The maximum atomic E-state index is 4.49. The average Bonchev–Trinajstić information content (AvgIpc) is 2.44. The van der Waals surface area contributed by atoms with E-state index in [0.29, 0.717) is 0 Å². The minimum atomic E-state index is 0. The van der Waals surface area contributed by atoms with Crippen LogP contribution in [0.25, 0.3) is 0 Å². The summed E-state index contributed by atoms with van der Waals surface area (Å²) in [6.07, 6.45) is 1.86. The third kappa shape index (κ3) is 6.44. The fraction of sp³-hybridized carbons (Fsp3) is 0.353. The van der Waals surface area contributed by atoms with E-state index in [1.54, 1.807) is 0 Å². The highest BCUT2D eigenvalue weighted by molar-refractivity contribution is 5.39. The minimum Gasteiger partial charge on any atom is -1.00 e. The number of benzene rings is 1. The van der Waals surface area contributed by atoms with Gasteiger partial charge in [-0.1, -0.05) is 36.4 Å². The van der Waals surface area contributed by atoms with Gasteiger partial charge in [-0.2, -0.15) is 0 Å². The Hall–Kier alpha value is -1.14. The number of pyridine rings is 1. The second-order valence-electron chi connectivity index (χ2n) is 6.11. The summed E-state index contributed by atoms with van der Waals surface area (Å²) in [5, 5.41) is 0. The zero-order chi connectivity index (χ0) is 14.4. The Labute approximate surface area is 145 Å². The maximum Gasteiger partial charge on any atom is 0.128 e. The molecule has 0 N–H and O–H groups in total. The molecule has 0 fully saturated rings. The number of rotatable bonds is 6. The number of likely N-dealkylation sites (N-methyl/N-ethyl adjacent to an activating group) is 1. The second-order valence-corrected chi connectivity index (χ2v) is 6.11. The zero-order valence-corrected chi connectivity index (χ0v) is 15.2. The van der Waals surface area contributed by atoms with Gasteiger partial charge in [-0.25, -0.2) is 4.98 Å².